The molecule has 21 heavy (non-hydrogen) atoms. The highest BCUT2D eigenvalue weighted by Gasteiger charge is 2.09. The second kappa shape index (κ2) is 7.72. The third kappa shape index (κ3) is 4.94. The van der Waals surface area contributed by atoms with Crippen molar-refractivity contribution < 1.29 is 9.47 Å². The number of ether oxygens (including phenoxy) is 2. The second-order valence-electron chi connectivity index (χ2n) is 4.88. The summed E-state index contributed by atoms with van der Waals surface area (Å²) >= 11 is 4.89. The SMILES string of the molecule is COc1ccc(Oc2nnc(CNCC(C)C)s2)c(Br)c1. The molecule has 1 N–H and O–H groups in total. The Kier molecular flexibility index (Phi) is 5.96. The summed E-state index contributed by atoms with van der Waals surface area (Å²) in [7, 11) is 1.63. The van der Waals surface area contributed by atoms with Crippen molar-refractivity contribution in [2.45, 2.75) is 20.4 Å². The first kappa shape index (κ1) is 16.2. The van der Waals surface area contributed by atoms with E-state index >= 15 is 0 Å². The molecular formula is C14H18BrN3O2S. The van der Waals surface area contributed by atoms with Gasteiger partial charge in [-0.3, -0.25) is 0 Å². The van der Waals surface area contributed by atoms with Crippen LogP contribution in [-0.4, -0.2) is 23.9 Å². The number of benzene rings is 1. The van der Waals surface area contributed by atoms with Crippen molar-refractivity contribution >= 4 is 27.3 Å². The van der Waals surface area contributed by atoms with E-state index in [2.05, 4.69) is 45.3 Å². The molecule has 0 radical (unpaired) electrons. The third-order valence-corrected chi connectivity index (χ3v) is 4.03. The van der Waals surface area contributed by atoms with Crippen LogP contribution in [0.1, 0.15) is 18.9 Å². The van der Waals surface area contributed by atoms with E-state index in [4.69, 9.17) is 9.47 Å². The number of hydrogen-bond acceptors (Lipinski definition) is 6. The fraction of sp³-hybridized carbons (Fsp3) is 0.429. The molecule has 0 aliphatic heterocycles. The van der Waals surface area contributed by atoms with Crippen LogP contribution in [0.4, 0.5) is 0 Å². The van der Waals surface area contributed by atoms with Gasteiger partial charge in [-0.1, -0.05) is 30.3 Å². The molecule has 0 unspecified atom stereocenters. The maximum absolute atomic E-state index is 5.73. The molecule has 0 aliphatic rings. The van der Waals surface area contributed by atoms with Gasteiger partial charge in [0.25, 0.3) is 5.19 Å². The van der Waals surface area contributed by atoms with Gasteiger partial charge in [-0.05, 0) is 46.6 Å². The van der Waals surface area contributed by atoms with Crippen molar-refractivity contribution in [3.05, 3.63) is 27.7 Å². The van der Waals surface area contributed by atoms with Crippen LogP contribution in [0.15, 0.2) is 22.7 Å². The van der Waals surface area contributed by atoms with Crippen molar-refractivity contribution in [3.63, 3.8) is 0 Å². The maximum atomic E-state index is 5.73. The van der Waals surface area contributed by atoms with Gasteiger partial charge >= 0.3 is 0 Å². The predicted molar refractivity (Wildman–Crippen MR) is 87.2 cm³/mol. The van der Waals surface area contributed by atoms with Gasteiger partial charge in [0.15, 0.2) is 0 Å². The summed E-state index contributed by atoms with van der Waals surface area (Å²) in [6, 6.07) is 5.52. The van der Waals surface area contributed by atoms with E-state index in [0.717, 1.165) is 21.8 Å². The predicted octanol–water partition coefficient (Wildman–Crippen LogP) is 3.85. The van der Waals surface area contributed by atoms with Gasteiger partial charge in [0, 0.05) is 6.54 Å². The summed E-state index contributed by atoms with van der Waals surface area (Å²) in [5.74, 6) is 2.07. The van der Waals surface area contributed by atoms with Crippen molar-refractivity contribution in [1.82, 2.24) is 15.5 Å². The lowest BCUT2D eigenvalue weighted by molar-refractivity contribution is 0.412. The third-order valence-electron chi connectivity index (χ3n) is 2.61. The van der Waals surface area contributed by atoms with E-state index in [9.17, 15) is 0 Å². The van der Waals surface area contributed by atoms with Crippen molar-refractivity contribution in [2.75, 3.05) is 13.7 Å². The quantitative estimate of drug-likeness (QED) is 0.800. The van der Waals surface area contributed by atoms with Crippen LogP contribution in [0.2, 0.25) is 0 Å². The molecule has 0 spiro atoms. The summed E-state index contributed by atoms with van der Waals surface area (Å²) in [4.78, 5) is 0. The van der Waals surface area contributed by atoms with Gasteiger partial charge < -0.3 is 14.8 Å². The molecule has 7 heteroatoms. The number of rotatable bonds is 7. The zero-order valence-electron chi connectivity index (χ0n) is 12.2. The van der Waals surface area contributed by atoms with E-state index in [1.807, 2.05) is 18.2 Å². The lowest BCUT2D eigenvalue weighted by Crippen LogP contribution is -2.18. The lowest BCUT2D eigenvalue weighted by atomic mass is 10.2. The Morgan fingerprint density at radius 2 is 2.14 bits per heavy atom. The first-order valence-corrected chi connectivity index (χ1v) is 8.24. The standard InChI is InChI=1S/C14H18BrN3O2S/c1-9(2)7-16-8-13-17-18-14(21-13)20-12-5-4-10(19-3)6-11(12)15/h4-6,9,16H,7-8H2,1-3H3. The Morgan fingerprint density at radius 3 is 2.81 bits per heavy atom. The molecule has 0 bridgehead atoms. The zero-order valence-corrected chi connectivity index (χ0v) is 14.6. The van der Waals surface area contributed by atoms with Crippen LogP contribution in [0.25, 0.3) is 0 Å². The van der Waals surface area contributed by atoms with Crippen LogP contribution < -0.4 is 14.8 Å². The smallest absolute Gasteiger partial charge is 0.299 e. The summed E-state index contributed by atoms with van der Waals surface area (Å²) < 4.78 is 11.7. The maximum Gasteiger partial charge on any atom is 0.299 e. The molecule has 1 aromatic heterocycles. The molecule has 0 amide bonds. The molecule has 0 fully saturated rings. The Morgan fingerprint density at radius 1 is 1.33 bits per heavy atom. The van der Waals surface area contributed by atoms with E-state index in [0.29, 0.717) is 23.4 Å². The molecule has 5 nitrogen and oxygen atoms in total. The summed E-state index contributed by atoms with van der Waals surface area (Å²) in [5.41, 5.74) is 0. The number of nitrogens with one attached hydrogen (secondary N) is 1. The lowest BCUT2D eigenvalue weighted by Gasteiger charge is -2.06. The number of hydrogen-bond donors (Lipinski definition) is 1. The Bertz CT molecular complexity index is 589. The van der Waals surface area contributed by atoms with Gasteiger partial charge in [0.05, 0.1) is 11.6 Å². The average Bonchev–Trinajstić information content (AvgIpc) is 2.88. The highest BCUT2D eigenvalue weighted by Crippen LogP contribution is 2.33. The summed E-state index contributed by atoms with van der Waals surface area (Å²) in [6.07, 6.45) is 0. The van der Waals surface area contributed by atoms with Crippen molar-refractivity contribution in [1.29, 1.82) is 0 Å². The molecular weight excluding hydrogens is 354 g/mol. The van der Waals surface area contributed by atoms with E-state index < -0.39 is 0 Å². The molecule has 1 aromatic carbocycles. The van der Waals surface area contributed by atoms with Gasteiger partial charge in [0.2, 0.25) is 0 Å². The first-order chi connectivity index (χ1) is 10.1. The summed E-state index contributed by atoms with van der Waals surface area (Å²) in [5, 5.41) is 12.9. The Labute approximate surface area is 136 Å². The van der Waals surface area contributed by atoms with Crippen LogP contribution >= 0.6 is 27.3 Å². The number of nitrogens with zero attached hydrogens (tertiary/aromatic N) is 2. The van der Waals surface area contributed by atoms with Gasteiger partial charge in [-0.15, -0.1) is 5.10 Å². The van der Waals surface area contributed by atoms with Crippen LogP contribution in [0.5, 0.6) is 16.7 Å². The molecule has 0 atom stereocenters. The fourth-order valence-corrected chi connectivity index (χ4v) is 2.71. The highest BCUT2D eigenvalue weighted by atomic mass is 79.9. The highest BCUT2D eigenvalue weighted by molar-refractivity contribution is 9.10. The topological polar surface area (TPSA) is 56.3 Å². The molecule has 114 valence electrons. The van der Waals surface area contributed by atoms with E-state index in [1.165, 1.54) is 11.3 Å². The Hall–Kier alpha value is -1.18. The fourth-order valence-electron chi connectivity index (χ4n) is 1.60. The minimum absolute atomic E-state index is 0.530. The van der Waals surface area contributed by atoms with E-state index in [1.54, 1.807) is 7.11 Å². The zero-order chi connectivity index (χ0) is 15.2. The Balaban J connectivity index is 1.96. The largest absolute Gasteiger partial charge is 0.497 e. The normalized spacial score (nSPS) is 10.9. The average molecular weight is 372 g/mol. The number of methoxy groups -OCH3 is 1. The number of aromatic nitrogens is 2. The molecule has 0 saturated carbocycles. The number of halogens is 1. The van der Waals surface area contributed by atoms with Crippen LogP contribution in [-0.2, 0) is 6.54 Å². The molecule has 1 heterocycles. The molecule has 0 aliphatic carbocycles. The summed E-state index contributed by atoms with van der Waals surface area (Å²) in [6.45, 7) is 6.01. The first-order valence-electron chi connectivity index (χ1n) is 6.63. The molecule has 0 saturated heterocycles. The van der Waals surface area contributed by atoms with Gasteiger partial charge in [-0.2, -0.15) is 0 Å². The molecule has 2 rings (SSSR count). The monoisotopic (exact) mass is 371 g/mol. The van der Waals surface area contributed by atoms with Gasteiger partial charge in [0.1, 0.15) is 16.5 Å². The van der Waals surface area contributed by atoms with E-state index in [-0.39, 0.29) is 0 Å². The minimum atomic E-state index is 0.530. The van der Waals surface area contributed by atoms with Crippen LogP contribution in [0, 0.1) is 5.92 Å². The van der Waals surface area contributed by atoms with Crippen LogP contribution in [0.3, 0.4) is 0 Å². The second-order valence-corrected chi connectivity index (χ2v) is 6.76. The molecule has 2 aromatic rings. The van der Waals surface area contributed by atoms with Gasteiger partial charge in [-0.25, -0.2) is 0 Å². The van der Waals surface area contributed by atoms with Crippen molar-refractivity contribution in [2.24, 2.45) is 5.92 Å². The minimum Gasteiger partial charge on any atom is -0.497 e. The van der Waals surface area contributed by atoms with Crippen molar-refractivity contribution in [3.8, 4) is 16.7 Å².